The summed E-state index contributed by atoms with van der Waals surface area (Å²) in [4.78, 5) is 11.8. The molecule has 1 atom stereocenters. The molecule has 2 N–H and O–H groups in total. The lowest BCUT2D eigenvalue weighted by Gasteiger charge is -2.25. The van der Waals surface area contributed by atoms with Crippen molar-refractivity contribution in [3.8, 4) is 0 Å². The van der Waals surface area contributed by atoms with Gasteiger partial charge in [-0.2, -0.15) is 0 Å². The maximum atomic E-state index is 11.8. The molecule has 1 aromatic heterocycles. The van der Waals surface area contributed by atoms with Gasteiger partial charge in [0.1, 0.15) is 5.76 Å². The highest BCUT2D eigenvalue weighted by molar-refractivity contribution is 5.92. The van der Waals surface area contributed by atoms with Crippen molar-refractivity contribution in [3.63, 3.8) is 0 Å². The molecule has 0 unspecified atom stereocenters. The molecule has 1 aromatic rings. The molecule has 1 amide bonds. The van der Waals surface area contributed by atoms with Crippen LogP contribution in [-0.4, -0.2) is 28.8 Å². The zero-order valence-electron chi connectivity index (χ0n) is 11.8. The van der Waals surface area contributed by atoms with Crippen LogP contribution in [0.15, 0.2) is 10.6 Å². The maximum Gasteiger partial charge on any atom is 0.273 e. The Balaban J connectivity index is 1.77. The maximum absolute atomic E-state index is 11.8. The number of aliphatic hydroxyl groups excluding tert-OH is 1. The largest absolute Gasteiger partial charge is 0.393 e. The summed E-state index contributed by atoms with van der Waals surface area (Å²) < 4.78 is 5.13. The van der Waals surface area contributed by atoms with Gasteiger partial charge in [-0.1, -0.05) is 25.9 Å². The van der Waals surface area contributed by atoms with E-state index >= 15 is 0 Å². The first-order chi connectivity index (χ1) is 8.88. The number of aliphatic hydroxyl groups is 1. The third-order valence-corrected chi connectivity index (χ3v) is 3.44. The van der Waals surface area contributed by atoms with Crippen molar-refractivity contribution in [2.24, 2.45) is 5.41 Å². The number of carbonyl (C=O) groups is 1. The zero-order chi connectivity index (χ0) is 14.0. The minimum absolute atomic E-state index is 0.169. The summed E-state index contributed by atoms with van der Waals surface area (Å²) in [5.41, 5.74) is 0.157. The van der Waals surface area contributed by atoms with Crippen molar-refractivity contribution in [1.82, 2.24) is 10.5 Å². The number of nitrogens with one attached hydrogen (secondary N) is 1. The standard InChI is InChI=1S/C14H22N2O3/c1-14(2,3)12(17)6-7-15-13(18)10-8-11(19-16-10)9-4-5-9/h8-9,12,17H,4-7H2,1-3H3,(H,15,18)/t12-/m0/s1. The van der Waals surface area contributed by atoms with Gasteiger partial charge in [0, 0.05) is 18.5 Å². The Morgan fingerprint density at radius 3 is 2.84 bits per heavy atom. The van der Waals surface area contributed by atoms with Gasteiger partial charge in [-0.25, -0.2) is 0 Å². The Morgan fingerprint density at radius 2 is 2.26 bits per heavy atom. The molecule has 5 heteroatoms. The summed E-state index contributed by atoms with van der Waals surface area (Å²) in [6.45, 7) is 6.35. The van der Waals surface area contributed by atoms with Crippen molar-refractivity contribution in [1.29, 1.82) is 0 Å². The number of hydrogen-bond acceptors (Lipinski definition) is 4. The van der Waals surface area contributed by atoms with E-state index in [9.17, 15) is 9.90 Å². The molecule has 5 nitrogen and oxygen atoms in total. The van der Waals surface area contributed by atoms with Crippen LogP contribution in [0.5, 0.6) is 0 Å². The highest BCUT2D eigenvalue weighted by Gasteiger charge is 2.29. The Morgan fingerprint density at radius 1 is 1.58 bits per heavy atom. The van der Waals surface area contributed by atoms with E-state index in [1.165, 1.54) is 0 Å². The molecule has 1 fully saturated rings. The van der Waals surface area contributed by atoms with Crippen molar-refractivity contribution in [2.75, 3.05) is 6.54 Å². The number of carbonyl (C=O) groups excluding carboxylic acids is 1. The van der Waals surface area contributed by atoms with Gasteiger partial charge in [-0.15, -0.1) is 0 Å². The van der Waals surface area contributed by atoms with Crippen LogP contribution in [-0.2, 0) is 0 Å². The lowest BCUT2D eigenvalue weighted by molar-refractivity contribution is 0.0550. The van der Waals surface area contributed by atoms with Crippen LogP contribution in [0.25, 0.3) is 0 Å². The SMILES string of the molecule is CC(C)(C)[C@@H](O)CCNC(=O)c1cc(C2CC2)on1. The molecule has 1 heterocycles. The fourth-order valence-corrected chi connectivity index (χ4v) is 1.80. The second kappa shape index (κ2) is 5.33. The molecular formula is C14H22N2O3. The number of aromatic nitrogens is 1. The Bertz CT molecular complexity index is 444. The first kappa shape index (κ1) is 14.1. The molecule has 0 radical (unpaired) electrons. The van der Waals surface area contributed by atoms with Crippen LogP contribution in [0.3, 0.4) is 0 Å². The first-order valence-corrected chi connectivity index (χ1v) is 6.81. The van der Waals surface area contributed by atoms with Crippen LogP contribution in [0.2, 0.25) is 0 Å². The Labute approximate surface area is 113 Å². The van der Waals surface area contributed by atoms with Crippen molar-refractivity contribution >= 4 is 5.91 Å². The predicted molar refractivity (Wildman–Crippen MR) is 70.9 cm³/mol. The molecule has 1 aliphatic rings. The summed E-state index contributed by atoms with van der Waals surface area (Å²) in [5.74, 6) is 1.02. The van der Waals surface area contributed by atoms with Gasteiger partial charge in [0.25, 0.3) is 5.91 Å². The molecule has 0 bridgehead atoms. The van der Waals surface area contributed by atoms with E-state index < -0.39 is 6.10 Å². The summed E-state index contributed by atoms with van der Waals surface area (Å²) >= 11 is 0. The second-order valence-corrected chi connectivity index (χ2v) is 6.32. The average molecular weight is 266 g/mol. The molecule has 0 saturated heterocycles. The smallest absolute Gasteiger partial charge is 0.273 e. The van der Waals surface area contributed by atoms with Gasteiger partial charge in [0.15, 0.2) is 5.69 Å². The molecule has 2 rings (SSSR count). The third kappa shape index (κ3) is 3.80. The highest BCUT2D eigenvalue weighted by Crippen LogP contribution is 2.40. The number of nitrogens with zero attached hydrogens (tertiary/aromatic N) is 1. The Kier molecular flexibility index (Phi) is 3.94. The van der Waals surface area contributed by atoms with Gasteiger partial charge >= 0.3 is 0 Å². The van der Waals surface area contributed by atoms with Crippen LogP contribution in [0.1, 0.15) is 62.2 Å². The van der Waals surface area contributed by atoms with Crippen molar-refractivity contribution in [2.45, 2.75) is 52.1 Å². The van der Waals surface area contributed by atoms with Crippen LogP contribution in [0, 0.1) is 5.41 Å². The Hall–Kier alpha value is -1.36. The average Bonchev–Trinajstić information content (AvgIpc) is 3.05. The fraction of sp³-hybridized carbons (Fsp3) is 0.714. The minimum Gasteiger partial charge on any atom is -0.393 e. The summed E-state index contributed by atoms with van der Waals surface area (Å²) in [6, 6.07) is 1.72. The molecule has 1 aliphatic carbocycles. The van der Waals surface area contributed by atoms with Crippen LogP contribution in [0.4, 0.5) is 0 Å². The molecule has 106 valence electrons. The van der Waals surface area contributed by atoms with Gasteiger partial charge in [0.05, 0.1) is 6.10 Å². The van der Waals surface area contributed by atoms with Crippen LogP contribution >= 0.6 is 0 Å². The van der Waals surface area contributed by atoms with E-state index in [0.29, 0.717) is 24.6 Å². The molecule has 1 saturated carbocycles. The summed E-state index contributed by atoms with van der Waals surface area (Å²) in [6.07, 6.45) is 2.33. The summed E-state index contributed by atoms with van der Waals surface area (Å²) in [5, 5.41) is 16.4. The van der Waals surface area contributed by atoms with E-state index in [-0.39, 0.29) is 11.3 Å². The van der Waals surface area contributed by atoms with E-state index in [1.54, 1.807) is 6.07 Å². The molecule has 0 aromatic carbocycles. The van der Waals surface area contributed by atoms with E-state index in [0.717, 1.165) is 18.6 Å². The number of hydrogen-bond donors (Lipinski definition) is 2. The quantitative estimate of drug-likeness (QED) is 0.855. The minimum atomic E-state index is -0.438. The van der Waals surface area contributed by atoms with E-state index in [1.807, 2.05) is 20.8 Å². The van der Waals surface area contributed by atoms with Gasteiger partial charge in [-0.3, -0.25) is 4.79 Å². The number of rotatable bonds is 5. The first-order valence-electron chi connectivity index (χ1n) is 6.81. The summed E-state index contributed by atoms with van der Waals surface area (Å²) in [7, 11) is 0. The van der Waals surface area contributed by atoms with Gasteiger partial charge in [-0.05, 0) is 24.7 Å². The van der Waals surface area contributed by atoms with Crippen molar-refractivity contribution < 1.29 is 14.4 Å². The van der Waals surface area contributed by atoms with E-state index in [2.05, 4.69) is 10.5 Å². The molecule has 19 heavy (non-hydrogen) atoms. The van der Waals surface area contributed by atoms with Gasteiger partial charge in [0.2, 0.25) is 0 Å². The lowest BCUT2D eigenvalue weighted by Crippen LogP contribution is -2.32. The highest BCUT2D eigenvalue weighted by atomic mass is 16.5. The fourth-order valence-electron chi connectivity index (χ4n) is 1.80. The lowest BCUT2D eigenvalue weighted by atomic mass is 9.87. The zero-order valence-corrected chi connectivity index (χ0v) is 11.8. The second-order valence-electron chi connectivity index (χ2n) is 6.32. The topological polar surface area (TPSA) is 75.4 Å². The molecular weight excluding hydrogens is 244 g/mol. The monoisotopic (exact) mass is 266 g/mol. The van der Waals surface area contributed by atoms with Crippen LogP contribution < -0.4 is 5.32 Å². The van der Waals surface area contributed by atoms with E-state index in [4.69, 9.17) is 4.52 Å². The normalized spacial score (nSPS) is 17.3. The predicted octanol–water partition coefficient (Wildman–Crippen LogP) is 2.08. The molecule has 0 spiro atoms. The molecule has 0 aliphatic heterocycles. The number of amides is 1. The van der Waals surface area contributed by atoms with Gasteiger partial charge < -0.3 is 14.9 Å². The van der Waals surface area contributed by atoms with Crippen molar-refractivity contribution in [3.05, 3.63) is 17.5 Å². The third-order valence-electron chi connectivity index (χ3n) is 3.44.